The van der Waals surface area contributed by atoms with Gasteiger partial charge in [-0.05, 0) is 43.0 Å². The molecule has 1 saturated carbocycles. The summed E-state index contributed by atoms with van der Waals surface area (Å²) in [7, 11) is 0. The second kappa shape index (κ2) is 7.05. The van der Waals surface area contributed by atoms with Gasteiger partial charge in [-0.3, -0.25) is 4.79 Å². The fourth-order valence-electron chi connectivity index (χ4n) is 3.44. The van der Waals surface area contributed by atoms with Crippen LogP contribution in [0.15, 0.2) is 36.4 Å². The number of anilines is 1. The van der Waals surface area contributed by atoms with E-state index in [1.54, 1.807) is 0 Å². The minimum absolute atomic E-state index is 0.293. The van der Waals surface area contributed by atoms with Gasteiger partial charge in [-0.15, -0.1) is 0 Å². The molecule has 3 rings (SSSR count). The number of carbonyl (C=O) groups is 1. The molecule has 0 radical (unpaired) electrons. The Morgan fingerprint density at radius 2 is 1.79 bits per heavy atom. The molecule has 1 amide bonds. The van der Waals surface area contributed by atoms with E-state index in [0.717, 1.165) is 35.2 Å². The molecular weight excluding hydrogens is 298 g/mol. The van der Waals surface area contributed by atoms with Crippen molar-refractivity contribution in [2.24, 2.45) is 11.5 Å². The van der Waals surface area contributed by atoms with Gasteiger partial charge in [0.05, 0.1) is 0 Å². The maximum absolute atomic E-state index is 11.9. The molecule has 0 aliphatic heterocycles. The van der Waals surface area contributed by atoms with Crippen molar-refractivity contribution in [2.75, 3.05) is 5.32 Å². The van der Waals surface area contributed by atoms with E-state index in [9.17, 15) is 4.79 Å². The zero-order chi connectivity index (χ0) is 17.1. The molecule has 0 unspecified atom stereocenters. The van der Waals surface area contributed by atoms with Gasteiger partial charge >= 0.3 is 0 Å². The third kappa shape index (κ3) is 3.44. The van der Waals surface area contributed by atoms with Gasteiger partial charge in [0.2, 0.25) is 5.91 Å². The SMILES string of the molecule is Cc1ccc(-c2cc(NC3CCCC3)c(CN)c(C(N)=O)c2)cc1. The first-order valence-corrected chi connectivity index (χ1v) is 8.59. The van der Waals surface area contributed by atoms with Gasteiger partial charge in [-0.1, -0.05) is 42.7 Å². The van der Waals surface area contributed by atoms with E-state index < -0.39 is 5.91 Å². The van der Waals surface area contributed by atoms with Crippen LogP contribution in [-0.4, -0.2) is 11.9 Å². The van der Waals surface area contributed by atoms with Crippen molar-refractivity contribution in [3.05, 3.63) is 53.1 Å². The number of primary amides is 1. The molecule has 4 heteroatoms. The number of nitrogens with one attached hydrogen (secondary N) is 1. The third-order valence-electron chi connectivity index (χ3n) is 4.82. The van der Waals surface area contributed by atoms with Crippen LogP contribution in [0.5, 0.6) is 0 Å². The molecule has 1 fully saturated rings. The zero-order valence-corrected chi connectivity index (χ0v) is 14.1. The highest BCUT2D eigenvalue weighted by Crippen LogP contribution is 2.31. The predicted molar refractivity (Wildman–Crippen MR) is 98.9 cm³/mol. The Morgan fingerprint density at radius 1 is 1.12 bits per heavy atom. The van der Waals surface area contributed by atoms with E-state index in [1.165, 1.54) is 18.4 Å². The first-order valence-electron chi connectivity index (χ1n) is 8.59. The minimum atomic E-state index is -0.432. The molecule has 1 aliphatic carbocycles. The normalized spacial score (nSPS) is 14.8. The first-order chi connectivity index (χ1) is 11.6. The van der Waals surface area contributed by atoms with Gasteiger partial charge in [-0.25, -0.2) is 0 Å². The second-order valence-electron chi connectivity index (χ2n) is 6.61. The van der Waals surface area contributed by atoms with Gasteiger partial charge < -0.3 is 16.8 Å². The fraction of sp³-hybridized carbons (Fsp3) is 0.350. The molecule has 0 atom stereocenters. The molecule has 24 heavy (non-hydrogen) atoms. The monoisotopic (exact) mass is 323 g/mol. The molecule has 4 nitrogen and oxygen atoms in total. The molecule has 0 heterocycles. The Morgan fingerprint density at radius 3 is 2.38 bits per heavy atom. The van der Waals surface area contributed by atoms with Gasteiger partial charge in [0.25, 0.3) is 0 Å². The van der Waals surface area contributed by atoms with E-state index in [1.807, 2.05) is 6.07 Å². The maximum Gasteiger partial charge on any atom is 0.249 e. The maximum atomic E-state index is 11.9. The largest absolute Gasteiger partial charge is 0.382 e. The van der Waals surface area contributed by atoms with Crippen molar-refractivity contribution in [2.45, 2.75) is 45.2 Å². The number of benzene rings is 2. The quantitative estimate of drug-likeness (QED) is 0.786. The average Bonchev–Trinajstić information content (AvgIpc) is 3.07. The highest BCUT2D eigenvalue weighted by Gasteiger charge is 2.19. The summed E-state index contributed by atoms with van der Waals surface area (Å²) < 4.78 is 0. The molecule has 0 bridgehead atoms. The standard InChI is InChI=1S/C20H25N3O/c1-13-6-8-14(9-7-13)15-10-17(20(22)24)18(12-21)19(11-15)23-16-4-2-3-5-16/h6-11,16,23H,2-5,12,21H2,1H3,(H2,22,24). The highest BCUT2D eigenvalue weighted by molar-refractivity contribution is 5.97. The molecule has 0 aromatic heterocycles. The number of hydrogen-bond donors (Lipinski definition) is 3. The van der Waals surface area contributed by atoms with E-state index in [2.05, 4.69) is 42.6 Å². The molecule has 5 N–H and O–H groups in total. The van der Waals surface area contributed by atoms with Gasteiger partial charge in [0.1, 0.15) is 0 Å². The summed E-state index contributed by atoms with van der Waals surface area (Å²) in [6.45, 7) is 2.35. The van der Waals surface area contributed by atoms with Gasteiger partial charge in [-0.2, -0.15) is 0 Å². The average molecular weight is 323 g/mol. The van der Waals surface area contributed by atoms with Crippen LogP contribution in [-0.2, 0) is 6.54 Å². The molecular formula is C20H25N3O. The summed E-state index contributed by atoms with van der Waals surface area (Å²) >= 11 is 0. The Bertz CT molecular complexity index is 731. The number of aryl methyl sites for hydroxylation is 1. The lowest BCUT2D eigenvalue weighted by Gasteiger charge is -2.20. The van der Waals surface area contributed by atoms with Crippen molar-refractivity contribution in [3.63, 3.8) is 0 Å². The lowest BCUT2D eigenvalue weighted by atomic mass is 9.95. The number of hydrogen-bond acceptors (Lipinski definition) is 3. The Balaban J connectivity index is 2.07. The van der Waals surface area contributed by atoms with Crippen LogP contribution in [0.1, 0.15) is 47.2 Å². The summed E-state index contributed by atoms with van der Waals surface area (Å²) in [5.74, 6) is -0.432. The molecule has 1 aliphatic rings. The Labute approximate surface area is 143 Å². The summed E-state index contributed by atoms with van der Waals surface area (Å²) in [5.41, 5.74) is 17.1. The van der Waals surface area contributed by atoms with Crippen LogP contribution in [0.3, 0.4) is 0 Å². The molecule has 0 saturated heterocycles. The number of nitrogens with two attached hydrogens (primary N) is 2. The molecule has 2 aromatic carbocycles. The molecule has 0 spiro atoms. The van der Waals surface area contributed by atoms with Crippen LogP contribution in [0.25, 0.3) is 11.1 Å². The van der Waals surface area contributed by atoms with Gasteiger partial charge in [0.15, 0.2) is 0 Å². The van der Waals surface area contributed by atoms with Crippen molar-refractivity contribution in [1.82, 2.24) is 0 Å². The first kappa shape index (κ1) is 16.5. The fourth-order valence-corrected chi connectivity index (χ4v) is 3.44. The summed E-state index contributed by atoms with van der Waals surface area (Å²) in [6, 6.07) is 12.7. The van der Waals surface area contributed by atoms with Crippen LogP contribution in [0.2, 0.25) is 0 Å². The van der Waals surface area contributed by atoms with Crippen molar-refractivity contribution in [3.8, 4) is 11.1 Å². The van der Waals surface area contributed by atoms with Crippen molar-refractivity contribution in [1.29, 1.82) is 0 Å². The van der Waals surface area contributed by atoms with Gasteiger partial charge in [0, 0.05) is 29.4 Å². The van der Waals surface area contributed by atoms with Crippen LogP contribution in [0.4, 0.5) is 5.69 Å². The number of amides is 1. The van der Waals surface area contributed by atoms with Crippen LogP contribution < -0.4 is 16.8 Å². The second-order valence-corrected chi connectivity index (χ2v) is 6.61. The van der Waals surface area contributed by atoms with E-state index >= 15 is 0 Å². The predicted octanol–water partition coefficient (Wildman–Crippen LogP) is 3.57. The number of rotatable bonds is 5. The number of carbonyl (C=O) groups excluding carboxylic acids is 1. The zero-order valence-electron chi connectivity index (χ0n) is 14.1. The highest BCUT2D eigenvalue weighted by atomic mass is 16.1. The van der Waals surface area contributed by atoms with Crippen LogP contribution >= 0.6 is 0 Å². The summed E-state index contributed by atoms with van der Waals surface area (Å²) in [4.78, 5) is 11.9. The van der Waals surface area contributed by atoms with E-state index in [-0.39, 0.29) is 0 Å². The topological polar surface area (TPSA) is 81.1 Å². The lowest BCUT2D eigenvalue weighted by Crippen LogP contribution is -2.21. The van der Waals surface area contributed by atoms with Crippen molar-refractivity contribution < 1.29 is 4.79 Å². The smallest absolute Gasteiger partial charge is 0.249 e. The Kier molecular flexibility index (Phi) is 4.86. The lowest BCUT2D eigenvalue weighted by molar-refractivity contribution is 0.0999. The van der Waals surface area contributed by atoms with Crippen molar-refractivity contribution >= 4 is 11.6 Å². The van der Waals surface area contributed by atoms with Crippen LogP contribution in [0, 0.1) is 6.92 Å². The third-order valence-corrected chi connectivity index (χ3v) is 4.82. The molecule has 2 aromatic rings. The van der Waals surface area contributed by atoms with E-state index in [0.29, 0.717) is 18.2 Å². The molecule has 126 valence electrons. The summed E-state index contributed by atoms with van der Waals surface area (Å²) in [6.07, 6.45) is 4.81. The Hall–Kier alpha value is -2.33. The van der Waals surface area contributed by atoms with E-state index in [4.69, 9.17) is 11.5 Å². The summed E-state index contributed by atoms with van der Waals surface area (Å²) in [5, 5.41) is 3.59. The minimum Gasteiger partial charge on any atom is -0.382 e.